The standard InChI is InChI=1S/C14H14Cl2O2/c15-9-2-1-8(12(16)6-9)5-13(17)11-7-10-3-4-14(11)18-10/h1-2,6,10-11,14H,3-5,7H2. The number of hydrogen-bond donors (Lipinski definition) is 0. The van der Waals surface area contributed by atoms with Crippen molar-refractivity contribution in [3.63, 3.8) is 0 Å². The molecular formula is C14H14Cl2O2. The molecule has 1 aromatic carbocycles. The van der Waals surface area contributed by atoms with Gasteiger partial charge in [-0.2, -0.15) is 0 Å². The number of hydrogen-bond acceptors (Lipinski definition) is 2. The molecule has 1 aromatic rings. The van der Waals surface area contributed by atoms with Crippen molar-refractivity contribution in [1.29, 1.82) is 0 Å². The summed E-state index contributed by atoms with van der Waals surface area (Å²) in [6, 6.07) is 5.28. The molecule has 2 saturated heterocycles. The van der Waals surface area contributed by atoms with Gasteiger partial charge in [-0.05, 0) is 37.0 Å². The monoisotopic (exact) mass is 284 g/mol. The van der Waals surface area contributed by atoms with Crippen LogP contribution in [0, 0.1) is 5.92 Å². The summed E-state index contributed by atoms with van der Waals surface area (Å²) in [4.78, 5) is 12.3. The minimum atomic E-state index is 0.0653. The number of ether oxygens (including phenoxy) is 1. The van der Waals surface area contributed by atoms with Crippen molar-refractivity contribution >= 4 is 29.0 Å². The Morgan fingerprint density at radius 2 is 2.17 bits per heavy atom. The molecule has 4 heteroatoms. The maximum absolute atomic E-state index is 12.3. The van der Waals surface area contributed by atoms with Gasteiger partial charge in [-0.3, -0.25) is 4.79 Å². The first-order chi connectivity index (χ1) is 8.63. The highest BCUT2D eigenvalue weighted by molar-refractivity contribution is 6.35. The van der Waals surface area contributed by atoms with Crippen molar-refractivity contribution in [2.75, 3.05) is 0 Å². The predicted octanol–water partition coefficient (Wildman–Crippen LogP) is 3.67. The Bertz CT molecular complexity index is 487. The third-order valence-electron chi connectivity index (χ3n) is 3.90. The third-order valence-corrected chi connectivity index (χ3v) is 4.49. The van der Waals surface area contributed by atoms with E-state index in [1.807, 2.05) is 6.07 Å². The van der Waals surface area contributed by atoms with E-state index in [4.69, 9.17) is 27.9 Å². The minimum absolute atomic E-state index is 0.0653. The number of rotatable bonds is 3. The lowest BCUT2D eigenvalue weighted by Crippen LogP contribution is -2.26. The van der Waals surface area contributed by atoms with E-state index < -0.39 is 0 Å². The van der Waals surface area contributed by atoms with Crippen molar-refractivity contribution in [3.05, 3.63) is 33.8 Å². The molecule has 0 saturated carbocycles. The average Bonchev–Trinajstić information content (AvgIpc) is 2.94. The van der Waals surface area contributed by atoms with Crippen LogP contribution in [0.2, 0.25) is 10.0 Å². The van der Waals surface area contributed by atoms with Gasteiger partial charge >= 0.3 is 0 Å². The lowest BCUT2D eigenvalue weighted by Gasteiger charge is -2.17. The van der Waals surface area contributed by atoms with Gasteiger partial charge in [-0.1, -0.05) is 29.3 Å². The SMILES string of the molecule is O=C(Cc1ccc(Cl)cc1Cl)C1CC2CCC1O2. The Balaban J connectivity index is 1.71. The van der Waals surface area contributed by atoms with Gasteiger partial charge in [-0.25, -0.2) is 0 Å². The largest absolute Gasteiger partial charge is 0.374 e. The average molecular weight is 285 g/mol. The number of carbonyl (C=O) groups is 1. The van der Waals surface area contributed by atoms with Crippen molar-refractivity contribution < 1.29 is 9.53 Å². The van der Waals surface area contributed by atoms with Crippen LogP contribution in [0.25, 0.3) is 0 Å². The molecule has 3 unspecified atom stereocenters. The second kappa shape index (κ2) is 4.84. The Labute approximate surface area is 116 Å². The fraction of sp³-hybridized carbons (Fsp3) is 0.500. The molecule has 0 N–H and O–H groups in total. The quantitative estimate of drug-likeness (QED) is 0.847. The number of fused-ring (bicyclic) bond motifs is 2. The molecule has 0 spiro atoms. The van der Waals surface area contributed by atoms with Gasteiger partial charge < -0.3 is 4.74 Å². The molecular weight excluding hydrogens is 271 g/mol. The molecule has 2 bridgehead atoms. The zero-order chi connectivity index (χ0) is 12.7. The van der Waals surface area contributed by atoms with Crippen molar-refractivity contribution in [3.8, 4) is 0 Å². The Hall–Kier alpha value is -0.570. The molecule has 0 amide bonds. The van der Waals surface area contributed by atoms with E-state index in [0.717, 1.165) is 24.8 Å². The molecule has 0 aromatic heterocycles. The Kier molecular flexibility index (Phi) is 3.35. The summed E-state index contributed by atoms with van der Waals surface area (Å²) in [5.41, 5.74) is 0.855. The Morgan fingerprint density at radius 3 is 2.78 bits per heavy atom. The number of ketones is 1. The molecule has 3 rings (SSSR count). The Morgan fingerprint density at radius 1 is 1.33 bits per heavy atom. The summed E-state index contributed by atoms with van der Waals surface area (Å²) < 4.78 is 5.72. The number of Topliss-reactive ketones (excluding diaryl/α,β-unsaturated/α-hetero) is 1. The molecule has 2 aliphatic heterocycles. The van der Waals surface area contributed by atoms with Crippen LogP contribution >= 0.6 is 23.2 Å². The number of benzene rings is 1. The maximum Gasteiger partial charge on any atom is 0.143 e. The fourth-order valence-electron chi connectivity index (χ4n) is 2.96. The van der Waals surface area contributed by atoms with E-state index in [1.165, 1.54) is 0 Å². The van der Waals surface area contributed by atoms with E-state index >= 15 is 0 Å². The van der Waals surface area contributed by atoms with E-state index in [9.17, 15) is 4.79 Å². The highest BCUT2D eigenvalue weighted by Gasteiger charge is 2.43. The molecule has 0 aliphatic carbocycles. The molecule has 2 aliphatic rings. The van der Waals surface area contributed by atoms with Crippen molar-refractivity contribution in [2.45, 2.75) is 37.9 Å². The van der Waals surface area contributed by atoms with Crippen LogP contribution in [-0.2, 0) is 16.0 Å². The van der Waals surface area contributed by atoms with Gasteiger partial charge in [0.1, 0.15) is 5.78 Å². The van der Waals surface area contributed by atoms with Crippen molar-refractivity contribution in [2.24, 2.45) is 5.92 Å². The number of carbonyl (C=O) groups excluding carboxylic acids is 1. The van der Waals surface area contributed by atoms with Gasteiger partial charge in [0.25, 0.3) is 0 Å². The predicted molar refractivity (Wildman–Crippen MR) is 71.2 cm³/mol. The van der Waals surface area contributed by atoms with Crippen LogP contribution in [-0.4, -0.2) is 18.0 Å². The summed E-state index contributed by atoms with van der Waals surface area (Å²) in [6.07, 6.45) is 3.85. The maximum atomic E-state index is 12.3. The summed E-state index contributed by atoms with van der Waals surface area (Å²) in [6.45, 7) is 0. The van der Waals surface area contributed by atoms with Gasteiger partial charge in [0.05, 0.1) is 12.2 Å². The van der Waals surface area contributed by atoms with Gasteiger partial charge in [0.15, 0.2) is 0 Å². The summed E-state index contributed by atoms with van der Waals surface area (Å²) in [7, 11) is 0. The first-order valence-electron chi connectivity index (χ1n) is 6.25. The third kappa shape index (κ3) is 2.29. The minimum Gasteiger partial charge on any atom is -0.374 e. The molecule has 3 atom stereocenters. The lowest BCUT2D eigenvalue weighted by atomic mass is 9.84. The summed E-state index contributed by atoms with van der Waals surface area (Å²) >= 11 is 11.9. The van der Waals surface area contributed by atoms with Gasteiger partial charge in [0.2, 0.25) is 0 Å². The highest BCUT2D eigenvalue weighted by atomic mass is 35.5. The van der Waals surface area contributed by atoms with Crippen LogP contribution in [0.5, 0.6) is 0 Å². The van der Waals surface area contributed by atoms with Gasteiger partial charge in [0, 0.05) is 22.4 Å². The zero-order valence-corrected chi connectivity index (χ0v) is 11.4. The highest BCUT2D eigenvalue weighted by Crippen LogP contribution is 2.39. The molecule has 96 valence electrons. The normalized spacial score (nSPS) is 29.8. The van der Waals surface area contributed by atoms with Crippen LogP contribution < -0.4 is 0 Å². The van der Waals surface area contributed by atoms with Crippen LogP contribution in [0.3, 0.4) is 0 Å². The summed E-state index contributed by atoms with van der Waals surface area (Å²) in [5.74, 6) is 0.307. The first-order valence-corrected chi connectivity index (χ1v) is 7.01. The van der Waals surface area contributed by atoms with Crippen LogP contribution in [0.4, 0.5) is 0 Å². The first kappa shape index (κ1) is 12.5. The van der Waals surface area contributed by atoms with Crippen LogP contribution in [0.1, 0.15) is 24.8 Å². The topological polar surface area (TPSA) is 26.3 Å². The van der Waals surface area contributed by atoms with Gasteiger partial charge in [-0.15, -0.1) is 0 Å². The second-order valence-corrected chi connectivity index (χ2v) is 5.94. The van der Waals surface area contributed by atoms with E-state index in [-0.39, 0.29) is 17.8 Å². The number of halogens is 2. The zero-order valence-electron chi connectivity index (χ0n) is 9.86. The molecule has 18 heavy (non-hydrogen) atoms. The van der Waals surface area contributed by atoms with E-state index in [1.54, 1.807) is 12.1 Å². The molecule has 2 heterocycles. The van der Waals surface area contributed by atoms with Crippen molar-refractivity contribution in [1.82, 2.24) is 0 Å². The molecule has 0 radical (unpaired) electrons. The van der Waals surface area contributed by atoms with E-state index in [0.29, 0.717) is 22.6 Å². The fourth-order valence-corrected chi connectivity index (χ4v) is 3.44. The van der Waals surface area contributed by atoms with Crippen LogP contribution in [0.15, 0.2) is 18.2 Å². The second-order valence-electron chi connectivity index (χ2n) is 5.09. The molecule has 2 nitrogen and oxygen atoms in total. The molecule has 2 fully saturated rings. The summed E-state index contributed by atoms with van der Waals surface area (Å²) in [5, 5.41) is 1.17. The smallest absolute Gasteiger partial charge is 0.143 e. The van der Waals surface area contributed by atoms with E-state index in [2.05, 4.69) is 0 Å². The lowest BCUT2D eigenvalue weighted by molar-refractivity contribution is -0.123.